The maximum absolute atomic E-state index is 12.8. The van der Waals surface area contributed by atoms with Gasteiger partial charge in [-0.3, -0.25) is 4.79 Å². The van der Waals surface area contributed by atoms with Crippen LogP contribution in [0.1, 0.15) is 23.6 Å². The Bertz CT molecular complexity index is 973. The zero-order valence-electron chi connectivity index (χ0n) is 15.0. The van der Waals surface area contributed by atoms with Gasteiger partial charge in [0.1, 0.15) is 6.04 Å². The largest absolute Gasteiger partial charge is 0.416 e. The second kappa shape index (κ2) is 7.56. The van der Waals surface area contributed by atoms with Crippen molar-refractivity contribution in [2.24, 2.45) is 0 Å². The fraction of sp³-hybridized carbons (Fsp3) is 0.316. The molecule has 0 bridgehead atoms. The number of alkyl halides is 3. The van der Waals surface area contributed by atoms with Gasteiger partial charge in [0, 0.05) is 12.2 Å². The van der Waals surface area contributed by atoms with Crippen LogP contribution in [0.15, 0.2) is 48.5 Å². The Morgan fingerprint density at radius 2 is 1.71 bits per heavy atom. The number of amides is 1. The lowest BCUT2D eigenvalue weighted by Gasteiger charge is -2.34. The highest BCUT2D eigenvalue weighted by atomic mass is 32.2. The minimum atomic E-state index is -4.47. The molecule has 28 heavy (non-hydrogen) atoms. The van der Waals surface area contributed by atoms with E-state index in [9.17, 15) is 26.4 Å². The highest BCUT2D eigenvalue weighted by Crippen LogP contribution is 2.30. The van der Waals surface area contributed by atoms with Gasteiger partial charge in [-0.2, -0.15) is 17.5 Å². The van der Waals surface area contributed by atoms with Gasteiger partial charge >= 0.3 is 6.18 Å². The minimum Gasteiger partial charge on any atom is -0.325 e. The molecule has 1 heterocycles. The molecular formula is C19H19F3N2O3S. The van der Waals surface area contributed by atoms with Crippen LogP contribution in [0.2, 0.25) is 0 Å². The molecule has 0 saturated carbocycles. The third kappa shape index (κ3) is 4.20. The molecule has 1 aliphatic rings. The van der Waals surface area contributed by atoms with Crippen molar-refractivity contribution in [3.05, 3.63) is 65.2 Å². The summed E-state index contributed by atoms with van der Waals surface area (Å²) < 4.78 is 64.2. The molecule has 0 aromatic heterocycles. The van der Waals surface area contributed by atoms with Crippen LogP contribution >= 0.6 is 0 Å². The van der Waals surface area contributed by atoms with E-state index in [1.54, 1.807) is 6.07 Å². The van der Waals surface area contributed by atoms with Gasteiger partial charge in [0.15, 0.2) is 0 Å². The molecule has 2 aromatic rings. The average Bonchev–Trinajstić information content (AvgIpc) is 2.66. The lowest BCUT2D eigenvalue weighted by atomic mass is 9.95. The molecule has 150 valence electrons. The zero-order valence-corrected chi connectivity index (χ0v) is 15.8. The molecule has 0 fully saturated rings. The summed E-state index contributed by atoms with van der Waals surface area (Å²) in [5.74, 6) is -0.731. The Hall–Kier alpha value is -2.39. The van der Waals surface area contributed by atoms with Gasteiger partial charge in [-0.05, 0) is 48.7 Å². The van der Waals surface area contributed by atoms with Crippen LogP contribution in [-0.2, 0) is 34.0 Å². The number of carbonyl (C=O) groups is 1. The van der Waals surface area contributed by atoms with Crippen LogP contribution in [-0.4, -0.2) is 30.4 Å². The number of fused-ring (bicyclic) bond motifs is 1. The second-order valence-corrected chi connectivity index (χ2v) is 8.71. The molecule has 1 N–H and O–H groups in total. The van der Waals surface area contributed by atoms with Crippen molar-refractivity contribution in [1.29, 1.82) is 0 Å². The van der Waals surface area contributed by atoms with Gasteiger partial charge in [0.05, 0.1) is 11.3 Å². The van der Waals surface area contributed by atoms with E-state index >= 15 is 0 Å². The van der Waals surface area contributed by atoms with Crippen LogP contribution in [0.4, 0.5) is 18.9 Å². The number of nitrogens with one attached hydrogen (secondary N) is 1. The molecule has 1 amide bonds. The maximum atomic E-state index is 12.8. The maximum Gasteiger partial charge on any atom is 0.416 e. The summed E-state index contributed by atoms with van der Waals surface area (Å²) in [6, 6.07) is 10.3. The van der Waals surface area contributed by atoms with Crippen molar-refractivity contribution in [3.8, 4) is 0 Å². The number of rotatable bonds is 4. The standard InChI is InChI=1S/C19H19F3N2O3S/c1-2-28(26,27)24-12-14-6-4-3-5-13(14)11-17(24)18(25)23-16-9-7-15(8-10-16)19(20,21)22/h3-10,17H,2,11-12H2,1H3,(H,23,25)/t17-/m0/s1. The number of carbonyl (C=O) groups excluding carboxylic acids is 1. The Kier molecular flexibility index (Phi) is 5.49. The smallest absolute Gasteiger partial charge is 0.325 e. The summed E-state index contributed by atoms with van der Waals surface area (Å²) in [4.78, 5) is 12.8. The molecule has 1 aliphatic heterocycles. The molecule has 0 aliphatic carbocycles. The Morgan fingerprint density at radius 3 is 2.29 bits per heavy atom. The lowest BCUT2D eigenvalue weighted by molar-refractivity contribution is -0.137. The number of anilines is 1. The normalized spacial score (nSPS) is 17.8. The summed E-state index contributed by atoms with van der Waals surface area (Å²) in [7, 11) is -3.65. The molecule has 0 radical (unpaired) electrons. The van der Waals surface area contributed by atoms with Crippen molar-refractivity contribution in [2.45, 2.75) is 32.1 Å². The summed E-state index contributed by atoms with van der Waals surface area (Å²) >= 11 is 0. The highest BCUT2D eigenvalue weighted by molar-refractivity contribution is 7.89. The molecule has 3 rings (SSSR count). The number of benzene rings is 2. The third-order valence-electron chi connectivity index (χ3n) is 4.71. The predicted molar refractivity (Wildman–Crippen MR) is 99.0 cm³/mol. The molecule has 1 atom stereocenters. The summed E-state index contributed by atoms with van der Waals surface area (Å²) in [5.41, 5.74) is 1.05. The lowest BCUT2D eigenvalue weighted by Crippen LogP contribution is -2.51. The summed E-state index contributed by atoms with van der Waals surface area (Å²) in [6.45, 7) is 1.58. The number of halogens is 3. The van der Waals surface area contributed by atoms with Gasteiger partial charge in [-0.1, -0.05) is 24.3 Å². The average molecular weight is 412 g/mol. The van der Waals surface area contributed by atoms with Crippen molar-refractivity contribution >= 4 is 21.6 Å². The van der Waals surface area contributed by atoms with Crippen LogP contribution in [0, 0.1) is 0 Å². The van der Waals surface area contributed by atoms with E-state index in [0.29, 0.717) is 0 Å². The quantitative estimate of drug-likeness (QED) is 0.837. The van der Waals surface area contributed by atoms with Crippen molar-refractivity contribution in [2.75, 3.05) is 11.1 Å². The molecular weight excluding hydrogens is 393 g/mol. The van der Waals surface area contributed by atoms with Crippen LogP contribution in [0.3, 0.4) is 0 Å². The number of sulfonamides is 1. The third-order valence-corrected chi connectivity index (χ3v) is 6.54. The molecule has 0 saturated heterocycles. The number of hydrogen-bond acceptors (Lipinski definition) is 3. The van der Waals surface area contributed by atoms with Gasteiger partial charge in [-0.15, -0.1) is 0 Å². The molecule has 0 spiro atoms. The first-order valence-electron chi connectivity index (χ1n) is 8.66. The Balaban J connectivity index is 1.86. The van der Waals surface area contributed by atoms with Crippen LogP contribution in [0.25, 0.3) is 0 Å². The summed E-state index contributed by atoms with van der Waals surface area (Å²) in [5, 5.41) is 2.53. The van der Waals surface area contributed by atoms with Crippen LogP contribution in [0.5, 0.6) is 0 Å². The predicted octanol–water partition coefficient (Wildman–Crippen LogP) is 3.42. The van der Waals surface area contributed by atoms with E-state index in [1.807, 2.05) is 18.2 Å². The fourth-order valence-electron chi connectivity index (χ4n) is 3.15. The van der Waals surface area contributed by atoms with Crippen molar-refractivity contribution < 1.29 is 26.4 Å². The topological polar surface area (TPSA) is 66.5 Å². The first kappa shape index (κ1) is 20.3. The number of hydrogen-bond donors (Lipinski definition) is 1. The molecule has 2 aromatic carbocycles. The fourth-order valence-corrected chi connectivity index (χ4v) is 4.37. The van der Waals surface area contributed by atoms with E-state index < -0.39 is 33.7 Å². The van der Waals surface area contributed by atoms with Gasteiger partial charge in [0.25, 0.3) is 0 Å². The molecule has 0 unspecified atom stereocenters. The Morgan fingerprint density at radius 1 is 1.11 bits per heavy atom. The van der Waals surface area contributed by atoms with Crippen molar-refractivity contribution in [3.63, 3.8) is 0 Å². The van der Waals surface area contributed by atoms with Gasteiger partial charge in [-0.25, -0.2) is 8.42 Å². The van der Waals surface area contributed by atoms with E-state index in [0.717, 1.165) is 39.7 Å². The SMILES string of the molecule is CCS(=O)(=O)N1Cc2ccccc2C[C@H]1C(=O)Nc1ccc(C(F)(F)F)cc1. The van der Waals surface area contributed by atoms with E-state index in [2.05, 4.69) is 5.32 Å². The number of nitrogens with zero attached hydrogens (tertiary/aromatic N) is 1. The first-order chi connectivity index (χ1) is 13.1. The van der Waals surface area contributed by atoms with E-state index in [1.165, 1.54) is 6.92 Å². The monoisotopic (exact) mass is 412 g/mol. The van der Waals surface area contributed by atoms with Crippen molar-refractivity contribution in [1.82, 2.24) is 4.31 Å². The van der Waals surface area contributed by atoms with Gasteiger partial charge < -0.3 is 5.32 Å². The van der Waals surface area contributed by atoms with E-state index in [4.69, 9.17) is 0 Å². The zero-order chi connectivity index (χ0) is 20.5. The molecule has 5 nitrogen and oxygen atoms in total. The molecule has 9 heteroatoms. The van der Waals surface area contributed by atoms with E-state index in [-0.39, 0.29) is 24.4 Å². The Labute approximate surface area is 161 Å². The minimum absolute atomic E-state index is 0.0808. The van der Waals surface area contributed by atoms with Crippen LogP contribution < -0.4 is 5.32 Å². The second-order valence-electron chi connectivity index (χ2n) is 6.50. The summed E-state index contributed by atoms with van der Waals surface area (Å²) in [6.07, 6.45) is -4.27. The first-order valence-corrected chi connectivity index (χ1v) is 10.3. The highest BCUT2D eigenvalue weighted by Gasteiger charge is 2.38. The van der Waals surface area contributed by atoms with Gasteiger partial charge in [0.2, 0.25) is 15.9 Å².